The Morgan fingerprint density at radius 3 is 2.40 bits per heavy atom. The lowest BCUT2D eigenvalue weighted by Gasteiger charge is -1.99. The summed E-state index contributed by atoms with van der Waals surface area (Å²) in [4.78, 5) is 4.02. The van der Waals surface area contributed by atoms with Gasteiger partial charge in [-0.1, -0.05) is 39.5 Å². The predicted octanol–water partition coefficient (Wildman–Crippen LogP) is 3.67. The molecule has 0 aliphatic carbocycles. The molecular formula is C13H6Cl3N4+. The number of aromatic nitrogens is 3. The van der Waals surface area contributed by atoms with Crippen LogP contribution in [0.5, 0.6) is 0 Å². The number of benzene rings is 1. The van der Waals surface area contributed by atoms with E-state index in [0.717, 1.165) is 10.9 Å². The van der Waals surface area contributed by atoms with Crippen LogP contribution in [-0.4, -0.2) is 10.1 Å². The number of hydrogen-bond acceptors (Lipinski definition) is 2. The third-order valence-corrected chi connectivity index (χ3v) is 3.68. The minimum atomic E-state index is 0.370. The molecule has 0 radical (unpaired) electrons. The van der Waals surface area contributed by atoms with Gasteiger partial charge in [-0.15, -0.1) is 0 Å². The van der Waals surface area contributed by atoms with Crippen molar-refractivity contribution in [3.63, 3.8) is 0 Å². The first kappa shape index (κ1) is 13.2. The Kier molecular flexibility index (Phi) is 3.27. The van der Waals surface area contributed by atoms with Crippen molar-refractivity contribution in [1.82, 2.24) is 10.1 Å². The lowest BCUT2D eigenvalue weighted by atomic mass is 10.2. The van der Waals surface area contributed by atoms with Gasteiger partial charge in [0.2, 0.25) is 6.20 Å². The zero-order valence-corrected chi connectivity index (χ0v) is 12.1. The number of fused-ring (bicyclic) bond motifs is 1. The summed E-state index contributed by atoms with van der Waals surface area (Å²) in [5.41, 5.74) is 1.69. The van der Waals surface area contributed by atoms with Gasteiger partial charge in [0.25, 0.3) is 5.69 Å². The second-order valence-corrected chi connectivity index (χ2v) is 5.32. The van der Waals surface area contributed by atoms with Gasteiger partial charge in [-0.05, 0) is 12.1 Å². The quantitative estimate of drug-likeness (QED) is 0.694. The fourth-order valence-electron chi connectivity index (χ4n) is 1.94. The molecule has 0 aliphatic rings. The molecule has 2 heterocycles. The van der Waals surface area contributed by atoms with Crippen molar-refractivity contribution in [3.8, 4) is 11.8 Å². The molecule has 0 aliphatic heterocycles. The molecule has 0 spiro atoms. The van der Waals surface area contributed by atoms with Crippen LogP contribution in [0.15, 0.2) is 30.7 Å². The van der Waals surface area contributed by atoms with E-state index in [1.807, 2.05) is 6.07 Å². The van der Waals surface area contributed by atoms with Crippen molar-refractivity contribution in [2.45, 2.75) is 0 Å². The number of pyridine rings is 1. The van der Waals surface area contributed by atoms with Crippen LogP contribution in [0.4, 0.5) is 0 Å². The smallest absolute Gasteiger partial charge is 0.262 e. The minimum absolute atomic E-state index is 0.370. The highest BCUT2D eigenvalue weighted by Gasteiger charge is 2.21. The van der Waals surface area contributed by atoms with E-state index in [4.69, 9.17) is 40.1 Å². The van der Waals surface area contributed by atoms with Gasteiger partial charge in [0.05, 0.1) is 22.0 Å². The third kappa shape index (κ3) is 2.10. The van der Waals surface area contributed by atoms with Crippen LogP contribution in [0.1, 0.15) is 5.56 Å². The molecule has 7 heteroatoms. The molecule has 0 unspecified atom stereocenters. The predicted molar refractivity (Wildman–Crippen MR) is 77.4 cm³/mol. The standard InChI is InChI=1S/C13H5Cl3N4/c14-9-1-7(3-17)2-10(15)13(9)20-6-8-4-18-5-11(16)12(8)19-20/h1-2,4-6H/p+1. The van der Waals surface area contributed by atoms with Crippen LogP contribution >= 0.6 is 34.8 Å². The SMILES string of the molecule is N#Cc1cc(Cl)c(-[n+]2cc3cncc(Cl)c3[nH]2)c(Cl)c1. The average molecular weight is 325 g/mol. The molecule has 0 amide bonds. The van der Waals surface area contributed by atoms with Crippen LogP contribution in [-0.2, 0) is 0 Å². The molecule has 98 valence electrons. The molecule has 0 atom stereocenters. The first-order valence-corrected chi connectivity index (χ1v) is 6.67. The van der Waals surface area contributed by atoms with Crippen molar-refractivity contribution >= 4 is 45.7 Å². The maximum Gasteiger partial charge on any atom is 0.272 e. The van der Waals surface area contributed by atoms with E-state index in [1.165, 1.54) is 0 Å². The van der Waals surface area contributed by atoms with E-state index < -0.39 is 0 Å². The van der Waals surface area contributed by atoms with Crippen LogP contribution in [0.3, 0.4) is 0 Å². The average Bonchev–Trinajstić information content (AvgIpc) is 2.82. The normalized spacial score (nSPS) is 10.7. The Balaban J connectivity index is 2.26. The van der Waals surface area contributed by atoms with E-state index in [1.54, 1.807) is 35.4 Å². The van der Waals surface area contributed by atoms with E-state index in [-0.39, 0.29) is 0 Å². The molecule has 20 heavy (non-hydrogen) atoms. The Labute approximate surface area is 129 Å². The first-order valence-electron chi connectivity index (χ1n) is 5.53. The number of nitriles is 1. The highest BCUT2D eigenvalue weighted by Crippen LogP contribution is 2.27. The number of rotatable bonds is 1. The number of halogens is 3. The maximum atomic E-state index is 8.89. The lowest BCUT2D eigenvalue weighted by Crippen LogP contribution is -2.32. The lowest BCUT2D eigenvalue weighted by molar-refractivity contribution is -0.652. The van der Waals surface area contributed by atoms with Gasteiger partial charge < -0.3 is 0 Å². The summed E-state index contributed by atoms with van der Waals surface area (Å²) < 4.78 is 1.66. The maximum absolute atomic E-state index is 8.89. The molecule has 3 rings (SSSR count). The number of nitrogens with zero attached hydrogens (tertiary/aromatic N) is 3. The van der Waals surface area contributed by atoms with Gasteiger partial charge in [-0.2, -0.15) is 10.4 Å². The zero-order chi connectivity index (χ0) is 14.3. The summed E-state index contributed by atoms with van der Waals surface area (Å²) in [5.74, 6) is 0. The van der Waals surface area contributed by atoms with Crippen molar-refractivity contribution < 1.29 is 4.68 Å². The molecular weight excluding hydrogens is 319 g/mol. The first-order chi connectivity index (χ1) is 9.60. The van der Waals surface area contributed by atoms with Crippen molar-refractivity contribution in [3.05, 3.63) is 51.4 Å². The van der Waals surface area contributed by atoms with Crippen molar-refractivity contribution in [2.24, 2.45) is 0 Å². The number of hydrogen-bond donors (Lipinski definition) is 1. The summed E-state index contributed by atoms with van der Waals surface area (Å²) in [6.45, 7) is 0. The van der Waals surface area contributed by atoms with Crippen molar-refractivity contribution in [1.29, 1.82) is 5.26 Å². The van der Waals surface area contributed by atoms with E-state index in [9.17, 15) is 0 Å². The largest absolute Gasteiger partial charge is 0.272 e. The second kappa shape index (κ2) is 4.95. The van der Waals surface area contributed by atoms with Gasteiger partial charge in [0, 0.05) is 12.4 Å². The summed E-state index contributed by atoms with van der Waals surface area (Å²) >= 11 is 18.4. The fraction of sp³-hybridized carbons (Fsp3) is 0. The molecule has 0 fully saturated rings. The summed E-state index contributed by atoms with van der Waals surface area (Å²) in [7, 11) is 0. The second-order valence-electron chi connectivity index (χ2n) is 4.10. The minimum Gasteiger partial charge on any atom is -0.262 e. The van der Waals surface area contributed by atoms with Crippen LogP contribution in [0, 0.1) is 11.3 Å². The summed E-state index contributed by atoms with van der Waals surface area (Å²) in [6.07, 6.45) is 5.01. The van der Waals surface area contributed by atoms with Crippen LogP contribution < -0.4 is 4.68 Å². The van der Waals surface area contributed by atoms with Gasteiger partial charge in [0.15, 0.2) is 0 Å². The van der Waals surface area contributed by atoms with Crippen LogP contribution in [0.2, 0.25) is 15.1 Å². The molecule has 4 nitrogen and oxygen atoms in total. The Morgan fingerprint density at radius 2 is 1.80 bits per heavy atom. The molecule has 3 aromatic rings. The van der Waals surface area contributed by atoms with Gasteiger partial charge in [0.1, 0.15) is 15.6 Å². The Bertz CT molecular complexity index is 841. The van der Waals surface area contributed by atoms with Gasteiger partial charge in [-0.3, -0.25) is 4.98 Å². The fourth-order valence-corrected chi connectivity index (χ4v) is 2.82. The van der Waals surface area contributed by atoms with E-state index in [2.05, 4.69) is 10.1 Å². The molecule has 0 bridgehead atoms. The molecule has 0 saturated heterocycles. The molecule has 1 N–H and O–H groups in total. The summed E-state index contributed by atoms with van der Waals surface area (Å²) in [5, 5.41) is 14.1. The number of H-pyrrole nitrogens is 1. The van der Waals surface area contributed by atoms with E-state index in [0.29, 0.717) is 26.3 Å². The summed E-state index contributed by atoms with van der Waals surface area (Å²) in [6, 6.07) is 5.12. The Morgan fingerprint density at radius 1 is 1.10 bits per heavy atom. The third-order valence-electron chi connectivity index (χ3n) is 2.82. The molecule has 2 aromatic heterocycles. The molecule has 0 saturated carbocycles. The highest BCUT2D eigenvalue weighted by atomic mass is 35.5. The topological polar surface area (TPSA) is 56.4 Å². The monoisotopic (exact) mass is 323 g/mol. The van der Waals surface area contributed by atoms with Gasteiger partial charge in [-0.25, -0.2) is 0 Å². The Hall–Kier alpha value is -1.80. The highest BCUT2D eigenvalue weighted by molar-refractivity contribution is 6.37. The molecule has 1 aromatic carbocycles. The van der Waals surface area contributed by atoms with E-state index >= 15 is 0 Å². The number of nitrogens with one attached hydrogen (secondary N) is 1. The number of aromatic amines is 1. The van der Waals surface area contributed by atoms with Crippen LogP contribution in [0.25, 0.3) is 16.6 Å². The van der Waals surface area contributed by atoms with Crippen molar-refractivity contribution in [2.75, 3.05) is 0 Å². The van der Waals surface area contributed by atoms with Gasteiger partial charge >= 0.3 is 0 Å². The zero-order valence-electron chi connectivity index (χ0n) is 9.86.